The van der Waals surface area contributed by atoms with E-state index in [2.05, 4.69) is 16.9 Å². The molecule has 0 bridgehead atoms. The van der Waals surface area contributed by atoms with Gasteiger partial charge in [-0.05, 0) is 56.0 Å². The molecule has 3 rings (SSSR count). The van der Waals surface area contributed by atoms with Crippen LogP contribution in [0.4, 0.5) is 0 Å². The van der Waals surface area contributed by atoms with E-state index in [1.807, 2.05) is 55.5 Å². The van der Waals surface area contributed by atoms with Gasteiger partial charge in [0.15, 0.2) is 0 Å². The third kappa shape index (κ3) is 4.38. The van der Waals surface area contributed by atoms with Crippen LogP contribution in [0.3, 0.4) is 0 Å². The normalized spacial score (nSPS) is 13.3. The van der Waals surface area contributed by atoms with E-state index in [4.69, 9.17) is 4.74 Å². The van der Waals surface area contributed by atoms with Crippen molar-refractivity contribution in [3.05, 3.63) is 77.0 Å². The SMILES string of the molecule is Cc1ccc(OCc2ccc(C(=O)NNC3=CCCC3)cc2)cc1. The number of aryl methyl sites for hydroxylation is 1. The van der Waals surface area contributed by atoms with Crippen molar-refractivity contribution in [1.29, 1.82) is 0 Å². The number of benzene rings is 2. The lowest BCUT2D eigenvalue weighted by Crippen LogP contribution is -2.36. The van der Waals surface area contributed by atoms with Crippen LogP contribution in [0.2, 0.25) is 0 Å². The molecule has 0 fully saturated rings. The molecule has 124 valence electrons. The van der Waals surface area contributed by atoms with E-state index in [1.165, 1.54) is 5.56 Å². The molecule has 0 radical (unpaired) electrons. The molecule has 0 saturated carbocycles. The van der Waals surface area contributed by atoms with Crippen molar-refractivity contribution in [3.63, 3.8) is 0 Å². The zero-order chi connectivity index (χ0) is 16.8. The minimum Gasteiger partial charge on any atom is -0.489 e. The first kappa shape index (κ1) is 16.1. The van der Waals surface area contributed by atoms with Crippen molar-refractivity contribution in [2.24, 2.45) is 0 Å². The Morgan fingerprint density at radius 3 is 2.50 bits per heavy atom. The maximum Gasteiger partial charge on any atom is 0.269 e. The number of hydrazine groups is 1. The molecule has 0 aliphatic heterocycles. The highest BCUT2D eigenvalue weighted by molar-refractivity contribution is 5.93. The molecule has 24 heavy (non-hydrogen) atoms. The summed E-state index contributed by atoms with van der Waals surface area (Å²) in [6.45, 7) is 2.53. The van der Waals surface area contributed by atoms with Gasteiger partial charge in [0.05, 0.1) is 0 Å². The van der Waals surface area contributed by atoms with Crippen LogP contribution in [0.25, 0.3) is 0 Å². The van der Waals surface area contributed by atoms with E-state index in [0.717, 1.165) is 36.3 Å². The number of nitrogens with one attached hydrogen (secondary N) is 2. The van der Waals surface area contributed by atoms with Crippen molar-refractivity contribution >= 4 is 5.91 Å². The Balaban J connectivity index is 1.50. The second kappa shape index (κ2) is 7.68. The third-order valence-corrected chi connectivity index (χ3v) is 4.02. The maximum absolute atomic E-state index is 12.1. The molecule has 2 aromatic rings. The number of carbonyl (C=O) groups is 1. The molecule has 2 N–H and O–H groups in total. The first-order chi connectivity index (χ1) is 11.7. The van der Waals surface area contributed by atoms with Crippen LogP contribution >= 0.6 is 0 Å². The summed E-state index contributed by atoms with van der Waals surface area (Å²) in [7, 11) is 0. The average molecular weight is 322 g/mol. The molecule has 4 nitrogen and oxygen atoms in total. The van der Waals surface area contributed by atoms with Gasteiger partial charge in [-0.1, -0.05) is 35.9 Å². The molecule has 0 atom stereocenters. The fourth-order valence-corrected chi connectivity index (χ4v) is 2.55. The van der Waals surface area contributed by atoms with E-state index in [-0.39, 0.29) is 5.91 Å². The highest BCUT2D eigenvalue weighted by Gasteiger charge is 2.08. The smallest absolute Gasteiger partial charge is 0.269 e. The van der Waals surface area contributed by atoms with Gasteiger partial charge in [0.25, 0.3) is 5.91 Å². The minimum atomic E-state index is -0.131. The summed E-state index contributed by atoms with van der Waals surface area (Å²) in [4.78, 5) is 12.1. The van der Waals surface area contributed by atoms with Crippen LogP contribution in [0, 0.1) is 6.92 Å². The molecule has 4 heteroatoms. The van der Waals surface area contributed by atoms with Crippen molar-refractivity contribution < 1.29 is 9.53 Å². The van der Waals surface area contributed by atoms with E-state index >= 15 is 0 Å². The number of carbonyl (C=O) groups excluding carboxylic acids is 1. The summed E-state index contributed by atoms with van der Waals surface area (Å²) in [5.74, 6) is 0.713. The van der Waals surface area contributed by atoms with Gasteiger partial charge in [0.2, 0.25) is 0 Å². The molecule has 0 aromatic heterocycles. The molecule has 2 aromatic carbocycles. The van der Waals surface area contributed by atoms with Gasteiger partial charge in [-0.25, -0.2) is 0 Å². The van der Waals surface area contributed by atoms with Gasteiger partial charge >= 0.3 is 0 Å². The second-order valence-corrected chi connectivity index (χ2v) is 6.00. The van der Waals surface area contributed by atoms with Crippen LogP contribution in [0.15, 0.2) is 60.3 Å². The fourth-order valence-electron chi connectivity index (χ4n) is 2.55. The van der Waals surface area contributed by atoms with Crippen molar-refractivity contribution in [1.82, 2.24) is 10.9 Å². The van der Waals surface area contributed by atoms with Gasteiger partial charge < -0.3 is 10.2 Å². The summed E-state index contributed by atoms with van der Waals surface area (Å²) >= 11 is 0. The summed E-state index contributed by atoms with van der Waals surface area (Å²) in [5, 5.41) is 0. The summed E-state index contributed by atoms with van der Waals surface area (Å²) in [5.41, 5.74) is 9.67. The Kier molecular flexibility index (Phi) is 5.16. The Morgan fingerprint density at radius 1 is 1.08 bits per heavy atom. The van der Waals surface area contributed by atoms with Crippen LogP contribution in [0.5, 0.6) is 5.75 Å². The number of hydrogen-bond donors (Lipinski definition) is 2. The highest BCUT2D eigenvalue weighted by atomic mass is 16.5. The van der Waals surface area contributed by atoms with E-state index < -0.39 is 0 Å². The van der Waals surface area contributed by atoms with E-state index in [1.54, 1.807) is 0 Å². The number of ether oxygens (including phenoxy) is 1. The molecule has 0 unspecified atom stereocenters. The largest absolute Gasteiger partial charge is 0.489 e. The lowest BCUT2D eigenvalue weighted by Gasteiger charge is -2.10. The molecule has 1 aliphatic rings. The highest BCUT2D eigenvalue weighted by Crippen LogP contribution is 2.15. The molecule has 0 saturated heterocycles. The second-order valence-electron chi connectivity index (χ2n) is 6.00. The molecule has 1 amide bonds. The van der Waals surface area contributed by atoms with Crippen LogP contribution in [-0.2, 0) is 6.61 Å². The van der Waals surface area contributed by atoms with Gasteiger partial charge in [0.1, 0.15) is 12.4 Å². The lowest BCUT2D eigenvalue weighted by atomic mass is 10.1. The molecule has 0 heterocycles. The number of allylic oxidation sites excluding steroid dienone is 2. The molecular weight excluding hydrogens is 300 g/mol. The van der Waals surface area contributed by atoms with Gasteiger partial charge in [0, 0.05) is 11.3 Å². The summed E-state index contributed by atoms with van der Waals surface area (Å²) in [6.07, 6.45) is 5.34. The first-order valence-electron chi connectivity index (χ1n) is 8.24. The monoisotopic (exact) mass is 322 g/mol. The molecular formula is C20H22N2O2. The Labute approximate surface area is 142 Å². The average Bonchev–Trinajstić information content (AvgIpc) is 3.13. The number of hydrogen-bond acceptors (Lipinski definition) is 3. The first-order valence-corrected chi connectivity index (χ1v) is 8.24. The topological polar surface area (TPSA) is 50.4 Å². The van der Waals surface area contributed by atoms with Crippen LogP contribution in [-0.4, -0.2) is 5.91 Å². The molecule has 1 aliphatic carbocycles. The third-order valence-electron chi connectivity index (χ3n) is 4.02. The van der Waals surface area contributed by atoms with Gasteiger partial charge in [-0.3, -0.25) is 10.2 Å². The van der Waals surface area contributed by atoms with E-state index in [9.17, 15) is 4.79 Å². The fraction of sp³-hybridized carbons (Fsp3) is 0.250. The zero-order valence-corrected chi connectivity index (χ0v) is 13.8. The minimum absolute atomic E-state index is 0.131. The summed E-state index contributed by atoms with van der Waals surface area (Å²) < 4.78 is 5.74. The number of amides is 1. The van der Waals surface area contributed by atoms with Crippen LogP contribution < -0.4 is 15.6 Å². The standard InChI is InChI=1S/C20H22N2O2/c1-15-6-12-19(13-7-15)24-14-16-8-10-17(11-9-16)20(23)22-21-18-4-2-3-5-18/h4,6-13,21H,2-3,5,14H2,1H3,(H,22,23). The maximum atomic E-state index is 12.1. The van der Waals surface area contributed by atoms with Crippen molar-refractivity contribution in [3.8, 4) is 5.75 Å². The Bertz CT molecular complexity index is 718. The van der Waals surface area contributed by atoms with Crippen molar-refractivity contribution in [2.75, 3.05) is 0 Å². The van der Waals surface area contributed by atoms with Crippen LogP contribution in [0.1, 0.15) is 40.7 Å². The molecule has 0 spiro atoms. The zero-order valence-electron chi connectivity index (χ0n) is 13.8. The predicted octanol–water partition coefficient (Wildman–Crippen LogP) is 3.88. The van der Waals surface area contributed by atoms with Gasteiger partial charge in [-0.2, -0.15) is 0 Å². The lowest BCUT2D eigenvalue weighted by molar-refractivity contribution is 0.0938. The van der Waals surface area contributed by atoms with E-state index in [0.29, 0.717) is 12.2 Å². The Hall–Kier alpha value is -2.75. The Morgan fingerprint density at radius 2 is 1.83 bits per heavy atom. The van der Waals surface area contributed by atoms with Crippen molar-refractivity contribution in [2.45, 2.75) is 32.8 Å². The van der Waals surface area contributed by atoms with Gasteiger partial charge in [-0.15, -0.1) is 0 Å². The summed E-state index contributed by atoms with van der Waals surface area (Å²) in [6, 6.07) is 15.4. The predicted molar refractivity (Wildman–Crippen MR) is 94.5 cm³/mol. The number of rotatable bonds is 6. The quantitative estimate of drug-likeness (QED) is 0.794.